The molecule has 0 unspecified atom stereocenters. The van der Waals surface area contributed by atoms with Gasteiger partial charge in [-0.2, -0.15) is 0 Å². The van der Waals surface area contributed by atoms with Gasteiger partial charge in [-0.15, -0.1) is 0 Å². The number of ether oxygens (including phenoxy) is 2. The average molecular weight is 452 g/mol. The zero-order valence-electron chi connectivity index (χ0n) is 18.9. The van der Waals surface area contributed by atoms with Gasteiger partial charge in [0.15, 0.2) is 11.5 Å². The van der Waals surface area contributed by atoms with Gasteiger partial charge in [-0.25, -0.2) is 4.79 Å². The highest BCUT2D eigenvalue weighted by molar-refractivity contribution is 6.00. The molecule has 1 aliphatic rings. The van der Waals surface area contributed by atoms with Crippen LogP contribution in [-0.4, -0.2) is 29.3 Å². The zero-order valence-corrected chi connectivity index (χ0v) is 18.9. The Labute approximate surface area is 198 Å². The summed E-state index contributed by atoms with van der Waals surface area (Å²) < 4.78 is 11.6. The molecule has 1 aromatic heterocycles. The van der Waals surface area contributed by atoms with Crippen molar-refractivity contribution in [1.82, 2.24) is 4.98 Å². The molecule has 0 saturated heterocycles. The number of nitrogens with one attached hydrogen (secondary N) is 1. The minimum Gasteiger partial charge on any atom is -0.486 e. The molecule has 0 fully saturated rings. The summed E-state index contributed by atoms with van der Waals surface area (Å²) in [4.78, 5) is 14.5. The maximum absolute atomic E-state index is 10.9. The summed E-state index contributed by atoms with van der Waals surface area (Å²) in [6.07, 6.45) is 3.56. The molecule has 34 heavy (non-hydrogen) atoms. The smallest absolute Gasteiger partial charge is 0.328 e. The van der Waals surface area contributed by atoms with Crippen molar-refractivity contribution in [3.8, 4) is 11.5 Å². The maximum atomic E-state index is 10.9. The van der Waals surface area contributed by atoms with E-state index < -0.39 is 5.97 Å². The standard InChI is InChI=1S/C29H25NO4/c1-2-23(21-12-13-26-27(18-21)34-16-15-33-26)29(25-17-22-5-3-4-6-24(22)30-25)20-10-7-19(8-11-20)9-14-28(31)32/h3-14,17-18,30H,2,15-16H2,1H3,(H,31,32)/b14-9+,29-23+. The predicted molar refractivity (Wildman–Crippen MR) is 135 cm³/mol. The highest BCUT2D eigenvalue weighted by atomic mass is 16.6. The van der Waals surface area contributed by atoms with Crippen molar-refractivity contribution in [1.29, 1.82) is 0 Å². The SMILES string of the molecule is CC/C(=C(/c1ccc(/C=C/C(=O)O)cc1)c1cc2ccccc2[nH]1)c1ccc2c(c1)OCCO2. The van der Waals surface area contributed by atoms with E-state index in [-0.39, 0.29) is 0 Å². The van der Waals surface area contributed by atoms with E-state index in [0.717, 1.165) is 62.9 Å². The Morgan fingerprint density at radius 3 is 2.41 bits per heavy atom. The molecule has 0 bridgehead atoms. The minimum atomic E-state index is -0.963. The number of aromatic nitrogens is 1. The third-order valence-corrected chi connectivity index (χ3v) is 5.96. The minimum absolute atomic E-state index is 0.543. The van der Waals surface area contributed by atoms with Gasteiger partial charge >= 0.3 is 5.97 Å². The fraction of sp³-hybridized carbons (Fsp3) is 0.138. The molecule has 5 nitrogen and oxygen atoms in total. The number of allylic oxidation sites excluding steroid dienone is 1. The Hall–Kier alpha value is -4.25. The normalized spacial score (nSPS) is 13.8. The van der Waals surface area contributed by atoms with Gasteiger partial charge in [-0.3, -0.25) is 0 Å². The Morgan fingerprint density at radius 1 is 0.941 bits per heavy atom. The molecule has 0 aliphatic carbocycles. The Morgan fingerprint density at radius 2 is 1.68 bits per heavy atom. The fourth-order valence-electron chi connectivity index (χ4n) is 4.39. The van der Waals surface area contributed by atoms with Gasteiger partial charge in [-0.05, 0) is 59.0 Å². The number of benzene rings is 3. The number of aromatic amines is 1. The van der Waals surface area contributed by atoms with Crippen LogP contribution < -0.4 is 9.47 Å². The van der Waals surface area contributed by atoms with Crippen LogP contribution in [0.4, 0.5) is 0 Å². The summed E-state index contributed by atoms with van der Waals surface area (Å²) in [6, 6.07) is 24.5. The number of carboxylic acids is 1. The lowest BCUT2D eigenvalue weighted by Crippen LogP contribution is -2.15. The highest BCUT2D eigenvalue weighted by Gasteiger charge is 2.18. The first-order chi connectivity index (χ1) is 16.6. The Bertz CT molecular complexity index is 1380. The molecule has 5 rings (SSSR count). The number of carboxylic acid groups (broad SMARTS) is 1. The van der Waals surface area contributed by atoms with Gasteiger partial charge in [0.05, 0.1) is 0 Å². The van der Waals surface area contributed by atoms with Crippen molar-refractivity contribution >= 4 is 34.1 Å². The van der Waals surface area contributed by atoms with E-state index in [4.69, 9.17) is 14.6 Å². The van der Waals surface area contributed by atoms with Gasteiger partial charge in [-0.1, -0.05) is 55.5 Å². The second-order valence-corrected chi connectivity index (χ2v) is 8.13. The first kappa shape index (κ1) is 21.6. The van der Waals surface area contributed by atoms with Crippen LogP contribution in [0.1, 0.15) is 35.7 Å². The van der Waals surface area contributed by atoms with E-state index in [1.54, 1.807) is 6.08 Å². The maximum Gasteiger partial charge on any atom is 0.328 e. The van der Waals surface area contributed by atoms with Crippen LogP contribution in [0.3, 0.4) is 0 Å². The Kier molecular flexibility index (Phi) is 5.91. The van der Waals surface area contributed by atoms with Crippen molar-refractivity contribution in [2.24, 2.45) is 0 Å². The predicted octanol–water partition coefficient (Wildman–Crippen LogP) is 6.41. The monoisotopic (exact) mass is 451 g/mol. The number of para-hydroxylation sites is 1. The number of hydrogen-bond acceptors (Lipinski definition) is 3. The summed E-state index contributed by atoms with van der Waals surface area (Å²) in [7, 11) is 0. The first-order valence-corrected chi connectivity index (χ1v) is 11.3. The lowest BCUT2D eigenvalue weighted by Gasteiger charge is -2.21. The van der Waals surface area contributed by atoms with E-state index >= 15 is 0 Å². The van der Waals surface area contributed by atoms with Crippen LogP contribution in [0.15, 0.2) is 78.9 Å². The molecular formula is C29H25NO4. The molecule has 170 valence electrons. The lowest BCUT2D eigenvalue weighted by atomic mass is 9.90. The largest absolute Gasteiger partial charge is 0.486 e. The van der Waals surface area contributed by atoms with Gasteiger partial charge < -0.3 is 19.6 Å². The number of rotatable bonds is 6. The molecule has 0 spiro atoms. The van der Waals surface area contributed by atoms with E-state index in [0.29, 0.717) is 13.2 Å². The second-order valence-electron chi connectivity index (χ2n) is 8.13. The van der Waals surface area contributed by atoms with Crippen molar-refractivity contribution in [3.05, 3.63) is 101 Å². The molecule has 3 aromatic carbocycles. The molecule has 4 aromatic rings. The molecular weight excluding hydrogens is 426 g/mol. The van der Waals surface area contributed by atoms with E-state index in [1.165, 1.54) is 5.57 Å². The topological polar surface area (TPSA) is 71.5 Å². The number of H-pyrrole nitrogens is 1. The van der Waals surface area contributed by atoms with Gasteiger partial charge in [0.2, 0.25) is 0 Å². The second kappa shape index (κ2) is 9.32. The summed E-state index contributed by atoms with van der Waals surface area (Å²) >= 11 is 0. The van der Waals surface area contributed by atoms with E-state index in [1.807, 2.05) is 42.5 Å². The molecule has 0 saturated carbocycles. The zero-order chi connectivity index (χ0) is 23.5. The van der Waals surface area contributed by atoms with E-state index in [9.17, 15) is 4.79 Å². The summed E-state index contributed by atoms with van der Waals surface area (Å²) in [5.74, 6) is 0.571. The quantitative estimate of drug-likeness (QED) is 0.263. The molecule has 5 heteroatoms. The van der Waals surface area contributed by atoms with Crippen molar-refractivity contribution in [3.63, 3.8) is 0 Å². The van der Waals surface area contributed by atoms with Crippen molar-refractivity contribution in [2.45, 2.75) is 13.3 Å². The van der Waals surface area contributed by atoms with Crippen LogP contribution in [-0.2, 0) is 4.79 Å². The number of carbonyl (C=O) groups is 1. The Balaban J connectivity index is 1.68. The third-order valence-electron chi connectivity index (χ3n) is 5.96. The van der Waals surface area contributed by atoms with E-state index in [2.05, 4.69) is 42.2 Å². The number of fused-ring (bicyclic) bond motifs is 2. The highest BCUT2D eigenvalue weighted by Crippen LogP contribution is 2.39. The van der Waals surface area contributed by atoms with Crippen LogP contribution in [0.2, 0.25) is 0 Å². The lowest BCUT2D eigenvalue weighted by molar-refractivity contribution is -0.131. The van der Waals surface area contributed by atoms with Crippen LogP contribution >= 0.6 is 0 Å². The number of aliphatic carboxylic acids is 1. The van der Waals surface area contributed by atoms with Gasteiger partial charge in [0.25, 0.3) is 0 Å². The fourth-order valence-corrected chi connectivity index (χ4v) is 4.39. The van der Waals surface area contributed by atoms with Gasteiger partial charge in [0, 0.05) is 28.2 Å². The molecule has 0 amide bonds. The summed E-state index contributed by atoms with van der Waals surface area (Å²) in [5, 5.41) is 10.1. The van der Waals surface area contributed by atoms with Crippen LogP contribution in [0, 0.1) is 0 Å². The summed E-state index contributed by atoms with van der Waals surface area (Å²) in [6.45, 7) is 3.26. The first-order valence-electron chi connectivity index (χ1n) is 11.3. The van der Waals surface area contributed by atoms with Crippen LogP contribution in [0.25, 0.3) is 28.1 Å². The van der Waals surface area contributed by atoms with Gasteiger partial charge in [0.1, 0.15) is 13.2 Å². The van der Waals surface area contributed by atoms with Crippen LogP contribution in [0.5, 0.6) is 11.5 Å². The molecule has 2 N–H and O–H groups in total. The average Bonchev–Trinajstić information content (AvgIpc) is 3.30. The molecule has 1 aliphatic heterocycles. The summed E-state index contributed by atoms with van der Waals surface area (Å²) in [5.41, 5.74) is 7.34. The third kappa shape index (κ3) is 4.33. The molecule has 0 radical (unpaired) electrons. The van der Waals surface area contributed by atoms with Crippen molar-refractivity contribution < 1.29 is 19.4 Å². The number of hydrogen-bond donors (Lipinski definition) is 2. The molecule has 2 heterocycles. The molecule has 0 atom stereocenters. The van der Waals surface area contributed by atoms with Crippen molar-refractivity contribution in [2.75, 3.05) is 13.2 Å².